The maximum atomic E-state index is 13.2. The molecule has 2 atom stereocenters. The minimum atomic E-state index is -0.592. The van der Waals surface area contributed by atoms with Crippen molar-refractivity contribution in [2.45, 2.75) is 37.8 Å². The summed E-state index contributed by atoms with van der Waals surface area (Å²) in [6, 6.07) is 22.2. The van der Waals surface area contributed by atoms with Crippen LogP contribution in [0, 0.1) is 0 Å². The standard InChI is InChI=1S/C30H25N3O3/c34-29-26(23-15-31-25-14-20(11-12-21(23)25)36-17-18-6-2-1-3-7-18)27(30(35)32-29)24-16-33-13-5-9-19-8-4-10-22(24)28(19)33/h1-4,6-8,10-12,14-16,26-27,31H,5,9,13,17H2,(H,32,34,35)/t26-,27-/m0/s1. The lowest BCUT2D eigenvalue weighted by Crippen LogP contribution is -2.21. The molecule has 6 heteroatoms. The van der Waals surface area contributed by atoms with E-state index in [0.29, 0.717) is 6.61 Å². The molecular formula is C30H25N3O3. The highest BCUT2D eigenvalue weighted by Gasteiger charge is 2.45. The topological polar surface area (TPSA) is 76.1 Å². The number of para-hydroxylation sites is 1. The maximum Gasteiger partial charge on any atom is 0.235 e. The third-order valence-corrected chi connectivity index (χ3v) is 7.61. The van der Waals surface area contributed by atoms with Crippen LogP contribution in [0.25, 0.3) is 21.8 Å². The number of imide groups is 1. The van der Waals surface area contributed by atoms with Crippen LogP contribution in [0.5, 0.6) is 5.75 Å². The molecule has 5 aromatic rings. The summed E-state index contributed by atoms with van der Waals surface area (Å²) in [4.78, 5) is 29.6. The van der Waals surface area contributed by atoms with Crippen LogP contribution in [0.1, 0.15) is 40.5 Å². The number of hydrogen-bond acceptors (Lipinski definition) is 3. The zero-order valence-electron chi connectivity index (χ0n) is 19.7. The van der Waals surface area contributed by atoms with Crippen LogP contribution in [0.3, 0.4) is 0 Å². The van der Waals surface area contributed by atoms with Crippen molar-refractivity contribution in [3.8, 4) is 5.75 Å². The number of aryl methyl sites for hydroxylation is 2. The Morgan fingerprint density at radius 1 is 0.889 bits per heavy atom. The number of aromatic amines is 1. The smallest absolute Gasteiger partial charge is 0.235 e. The van der Waals surface area contributed by atoms with Gasteiger partial charge in [-0.2, -0.15) is 0 Å². The molecule has 2 amide bonds. The number of fused-ring (bicyclic) bond motifs is 1. The lowest BCUT2D eigenvalue weighted by atomic mass is 9.83. The molecule has 0 radical (unpaired) electrons. The largest absolute Gasteiger partial charge is 0.489 e. The lowest BCUT2D eigenvalue weighted by Gasteiger charge is -2.15. The zero-order valence-corrected chi connectivity index (χ0v) is 19.7. The van der Waals surface area contributed by atoms with E-state index in [1.807, 2.05) is 54.7 Å². The molecule has 0 unspecified atom stereocenters. The molecule has 2 aliphatic rings. The van der Waals surface area contributed by atoms with E-state index in [9.17, 15) is 9.59 Å². The predicted octanol–water partition coefficient (Wildman–Crippen LogP) is 5.17. The van der Waals surface area contributed by atoms with E-state index in [-0.39, 0.29) is 11.8 Å². The monoisotopic (exact) mass is 475 g/mol. The Morgan fingerprint density at radius 3 is 2.58 bits per heavy atom. The van der Waals surface area contributed by atoms with Gasteiger partial charge in [-0.1, -0.05) is 48.5 Å². The number of nitrogens with one attached hydrogen (secondary N) is 2. The van der Waals surface area contributed by atoms with Crippen LogP contribution in [-0.4, -0.2) is 21.4 Å². The molecule has 1 saturated heterocycles. The highest BCUT2D eigenvalue weighted by molar-refractivity contribution is 6.13. The molecule has 6 nitrogen and oxygen atoms in total. The summed E-state index contributed by atoms with van der Waals surface area (Å²) in [5.41, 5.74) is 6.24. The fraction of sp³-hybridized carbons (Fsp3) is 0.200. The first-order chi connectivity index (χ1) is 17.7. The number of ether oxygens (including phenoxy) is 1. The molecule has 2 N–H and O–H groups in total. The normalized spacial score (nSPS) is 19.2. The van der Waals surface area contributed by atoms with Gasteiger partial charge in [-0.25, -0.2) is 0 Å². The average molecular weight is 476 g/mol. The van der Waals surface area contributed by atoms with Gasteiger partial charge in [0.05, 0.1) is 17.4 Å². The van der Waals surface area contributed by atoms with Gasteiger partial charge >= 0.3 is 0 Å². The maximum absolute atomic E-state index is 13.2. The first-order valence-electron chi connectivity index (χ1n) is 12.4. The number of amides is 2. The molecule has 0 aliphatic carbocycles. The fourth-order valence-corrected chi connectivity index (χ4v) is 5.97. The first kappa shape index (κ1) is 21.0. The molecule has 36 heavy (non-hydrogen) atoms. The van der Waals surface area contributed by atoms with Gasteiger partial charge in [-0.3, -0.25) is 14.9 Å². The lowest BCUT2D eigenvalue weighted by molar-refractivity contribution is -0.125. The van der Waals surface area contributed by atoms with Crippen molar-refractivity contribution in [1.82, 2.24) is 14.9 Å². The number of benzene rings is 3. The summed E-state index contributed by atoms with van der Waals surface area (Å²) in [6.07, 6.45) is 6.07. The summed E-state index contributed by atoms with van der Waals surface area (Å²) in [6.45, 7) is 1.41. The molecule has 2 aliphatic heterocycles. The van der Waals surface area contributed by atoms with Crippen LogP contribution in [0.15, 0.2) is 79.1 Å². The molecule has 7 rings (SSSR count). The summed E-state index contributed by atoms with van der Waals surface area (Å²) >= 11 is 0. The fourth-order valence-electron chi connectivity index (χ4n) is 5.97. The van der Waals surface area contributed by atoms with Crippen molar-refractivity contribution in [2.24, 2.45) is 0 Å². The number of nitrogens with zero attached hydrogens (tertiary/aromatic N) is 1. The van der Waals surface area contributed by atoms with Crippen LogP contribution in [0.2, 0.25) is 0 Å². The van der Waals surface area contributed by atoms with Gasteiger partial charge in [0.15, 0.2) is 0 Å². The summed E-state index contributed by atoms with van der Waals surface area (Å²) in [7, 11) is 0. The average Bonchev–Trinajstić information content (AvgIpc) is 3.57. The molecule has 1 fully saturated rings. The van der Waals surface area contributed by atoms with Crippen LogP contribution in [-0.2, 0) is 29.2 Å². The van der Waals surface area contributed by atoms with E-state index >= 15 is 0 Å². The van der Waals surface area contributed by atoms with Gasteiger partial charge in [-0.05, 0) is 47.2 Å². The molecule has 0 saturated carbocycles. The number of H-pyrrole nitrogens is 1. The number of carbonyl (C=O) groups excluding carboxylic acids is 2. The Morgan fingerprint density at radius 2 is 1.72 bits per heavy atom. The number of carbonyl (C=O) groups is 2. The molecule has 3 aromatic carbocycles. The summed E-state index contributed by atoms with van der Waals surface area (Å²) in [5, 5.41) is 4.61. The van der Waals surface area contributed by atoms with Gasteiger partial charge in [0.25, 0.3) is 0 Å². The first-order valence-corrected chi connectivity index (χ1v) is 12.4. The molecule has 0 spiro atoms. The number of rotatable bonds is 5. The highest BCUT2D eigenvalue weighted by atomic mass is 16.5. The summed E-state index contributed by atoms with van der Waals surface area (Å²) < 4.78 is 8.24. The third kappa shape index (κ3) is 3.25. The van der Waals surface area contributed by atoms with Gasteiger partial charge < -0.3 is 14.3 Å². The SMILES string of the molecule is O=C1NC(=O)[C@@H](c2cn3c4c(cccc24)CCC3)[C@@H]1c1c[nH]c2cc(OCc3ccccc3)ccc12. The van der Waals surface area contributed by atoms with E-state index in [4.69, 9.17) is 4.74 Å². The molecule has 4 heterocycles. The predicted molar refractivity (Wildman–Crippen MR) is 138 cm³/mol. The Balaban J connectivity index is 1.26. The van der Waals surface area contributed by atoms with Crippen LogP contribution < -0.4 is 10.1 Å². The van der Waals surface area contributed by atoms with Crippen molar-refractivity contribution in [3.63, 3.8) is 0 Å². The van der Waals surface area contributed by atoms with Gasteiger partial charge in [0, 0.05) is 41.3 Å². The minimum Gasteiger partial charge on any atom is -0.489 e. The molecule has 2 aromatic heterocycles. The highest BCUT2D eigenvalue weighted by Crippen LogP contribution is 2.44. The zero-order chi connectivity index (χ0) is 24.2. The van der Waals surface area contributed by atoms with Crippen molar-refractivity contribution in [2.75, 3.05) is 0 Å². The number of hydrogen-bond donors (Lipinski definition) is 2. The Labute approximate surface area is 207 Å². The van der Waals surface area contributed by atoms with E-state index in [1.54, 1.807) is 0 Å². The van der Waals surface area contributed by atoms with E-state index in [0.717, 1.165) is 58.1 Å². The summed E-state index contributed by atoms with van der Waals surface area (Å²) in [5.74, 6) is -0.890. The van der Waals surface area contributed by atoms with Crippen LogP contribution in [0.4, 0.5) is 0 Å². The molecule has 0 bridgehead atoms. The second kappa shape index (κ2) is 8.12. The van der Waals surface area contributed by atoms with Crippen LogP contribution >= 0.6 is 0 Å². The van der Waals surface area contributed by atoms with E-state index in [2.05, 4.69) is 39.3 Å². The second-order valence-corrected chi connectivity index (χ2v) is 9.73. The van der Waals surface area contributed by atoms with E-state index in [1.165, 1.54) is 11.1 Å². The second-order valence-electron chi connectivity index (χ2n) is 9.73. The molecule has 178 valence electrons. The van der Waals surface area contributed by atoms with Crippen molar-refractivity contribution >= 4 is 33.6 Å². The Kier molecular flexibility index (Phi) is 4.74. The van der Waals surface area contributed by atoms with Gasteiger partial charge in [0.1, 0.15) is 12.4 Å². The van der Waals surface area contributed by atoms with Crippen molar-refractivity contribution < 1.29 is 14.3 Å². The Bertz CT molecular complexity index is 1650. The van der Waals surface area contributed by atoms with Gasteiger partial charge in [-0.15, -0.1) is 0 Å². The number of aromatic nitrogens is 2. The van der Waals surface area contributed by atoms with Gasteiger partial charge in [0.2, 0.25) is 11.8 Å². The quantitative estimate of drug-likeness (QED) is 0.344. The Hall–Kier alpha value is -4.32. The van der Waals surface area contributed by atoms with E-state index < -0.39 is 11.8 Å². The van der Waals surface area contributed by atoms with Crippen molar-refractivity contribution in [3.05, 3.63) is 101 Å². The third-order valence-electron chi connectivity index (χ3n) is 7.61. The van der Waals surface area contributed by atoms with Crippen molar-refractivity contribution in [1.29, 1.82) is 0 Å². The molecular weight excluding hydrogens is 450 g/mol. The minimum absolute atomic E-state index is 0.231.